The summed E-state index contributed by atoms with van der Waals surface area (Å²) in [6.07, 6.45) is 1.90. The molecule has 1 saturated heterocycles. The van der Waals surface area contributed by atoms with Gasteiger partial charge >= 0.3 is 5.97 Å². The number of benzene rings is 1. The van der Waals surface area contributed by atoms with E-state index in [9.17, 15) is 9.59 Å². The number of hydrogen-bond donors (Lipinski definition) is 1. The van der Waals surface area contributed by atoms with Gasteiger partial charge in [0.25, 0.3) is 0 Å². The second-order valence-electron chi connectivity index (χ2n) is 4.99. The highest BCUT2D eigenvalue weighted by Crippen LogP contribution is 2.33. The fourth-order valence-corrected chi connectivity index (χ4v) is 2.66. The van der Waals surface area contributed by atoms with Crippen molar-refractivity contribution in [2.24, 2.45) is 0 Å². The van der Waals surface area contributed by atoms with Crippen LogP contribution in [0.5, 0.6) is 0 Å². The van der Waals surface area contributed by atoms with Gasteiger partial charge in [0, 0.05) is 6.54 Å². The lowest BCUT2D eigenvalue weighted by Crippen LogP contribution is -2.34. The highest BCUT2D eigenvalue weighted by molar-refractivity contribution is 5.78. The van der Waals surface area contributed by atoms with Crippen LogP contribution >= 0.6 is 0 Å². The van der Waals surface area contributed by atoms with Gasteiger partial charge in [-0.05, 0) is 30.9 Å². The quantitative estimate of drug-likeness (QED) is 0.890. The molecule has 1 atom stereocenters. The Hall–Kier alpha value is -1.88. The molecule has 1 amide bonds. The number of carboxylic acids is 1. The minimum absolute atomic E-state index is 0.0807. The van der Waals surface area contributed by atoms with Crippen molar-refractivity contribution in [1.82, 2.24) is 4.90 Å². The van der Waals surface area contributed by atoms with Crippen LogP contribution in [-0.2, 0) is 14.3 Å². The minimum atomic E-state index is -1.06. The molecule has 0 bridgehead atoms. The summed E-state index contributed by atoms with van der Waals surface area (Å²) in [5, 5.41) is 8.51. The van der Waals surface area contributed by atoms with E-state index >= 15 is 0 Å². The zero-order valence-electron chi connectivity index (χ0n) is 11.5. The Bertz CT molecular complexity index is 500. The van der Waals surface area contributed by atoms with Crippen LogP contribution in [-0.4, -0.2) is 41.6 Å². The summed E-state index contributed by atoms with van der Waals surface area (Å²) in [6, 6.07) is 8.12. The molecule has 20 heavy (non-hydrogen) atoms. The number of hydrogen-bond acceptors (Lipinski definition) is 3. The van der Waals surface area contributed by atoms with Gasteiger partial charge < -0.3 is 14.7 Å². The molecule has 1 heterocycles. The Kier molecular flexibility index (Phi) is 4.74. The summed E-state index contributed by atoms with van der Waals surface area (Å²) in [6.45, 7) is 2.13. The molecule has 0 aromatic heterocycles. The van der Waals surface area contributed by atoms with Gasteiger partial charge in [0.2, 0.25) is 5.91 Å². The highest BCUT2D eigenvalue weighted by Gasteiger charge is 2.30. The topological polar surface area (TPSA) is 66.8 Å². The van der Waals surface area contributed by atoms with Gasteiger partial charge in [-0.2, -0.15) is 0 Å². The molecule has 1 unspecified atom stereocenters. The van der Waals surface area contributed by atoms with Crippen molar-refractivity contribution in [2.45, 2.75) is 25.8 Å². The molecular weight excluding hydrogens is 258 g/mol. The standard InChI is InChI=1S/C15H19NO4/c1-11-5-2-3-6-12(11)13-7-4-8-16(13)14(17)9-20-10-15(18)19/h2-3,5-6,13H,4,7-10H2,1H3,(H,18,19). The molecule has 0 radical (unpaired) electrons. The lowest BCUT2D eigenvalue weighted by atomic mass is 9.99. The van der Waals surface area contributed by atoms with Gasteiger partial charge in [0.05, 0.1) is 6.04 Å². The summed E-state index contributed by atoms with van der Waals surface area (Å²) in [5.74, 6) is -1.20. The third-order valence-corrected chi connectivity index (χ3v) is 3.57. The van der Waals surface area contributed by atoms with Gasteiger partial charge in [-0.1, -0.05) is 24.3 Å². The van der Waals surface area contributed by atoms with E-state index in [1.54, 1.807) is 4.90 Å². The summed E-state index contributed by atoms with van der Waals surface area (Å²) < 4.78 is 4.89. The summed E-state index contributed by atoms with van der Waals surface area (Å²) in [4.78, 5) is 24.3. The SMILES string of the molecule is Cc1ccccc1C1CCCN1C(=O)COCC(=O)O. The Morgan fingerprint density at radius 3 is 2.80 bits per heavy atom. The largest absolute Gasteiger partial charge is 0.480 e. The molecular formula is C15H19NO4. The lowest BCUT2D eigenvalue weighted by Gasteiger charge is -2.26. The number of carbonyl (C=O) groups excluding carboxylic acids is 1. The summed E-state index contributed by atoms with van der Waals surface area (Å²) >= 11 is 0. The molecule has 1 N–H and O–H groups in total. The first-order valence-corrected chi connectivity index (χ1v) is 6.74. The van der Waals surface area contributed by atoms with Crippen molar-refractivity contribution in [1.29, 1.82) is 0 Å². The first kappa shape index (κ1) is 14.5. The van der Waals surface area contributed by atoms with Crippen molar-refractivity contribution in [3.05, 3.63) is 35.4 Å². The van der Waals surface area contributed by atoms with E-state index in [-0.39, 0.29) is 18.6 Å². The molecule has 5 heteroatoms. The molecule has 108 valence electrons. The molecule has 1 fully saturated rings. The van der Waals surface area contributed by atoms with E-state index in [1.165, 1.54) is 5.56 Å². The Morgan fingerprint density at radius 1 is 1.35 bits per heavy atom. The number of carbonyl (C=O) groups is 2. The van der Waals surface area contributed by atoms with Crippen LogP contribution in [0.1, 0.15) is 30.0 Å². The van der Waals surface area contributed by atoms with Crippen LogP contribution < -0.4 is 0 Å². The van der Waals surface area contributed by atoms with E-state index in [0.29, 0.717) is 6.54 Å². The van der Waals surface area contributed by atoms with E-state index in [0.717, 1.165) is 18.4 Å². The van der Waals surface area contributed by atoms with Crippen molar-refractivity contribution in [3.63, 3.8) is 0 Å². The van der Waals surface area contributed by atoms with E-state index < -0.39 is 12.6 Å². The Balaban J connectivity index is 2.02. The van der Waals surface area contributed by atoms with Crippen LogP contribution in [0.15, 0.2) is 24.3 Å². The molecule has 2 rings (SSSR count). The Labute approximate surface area is 118 Å². The van der Waals surface area contributed by atoms with Crippen molar-refractivity contribution >= 4 is 11.9 Å². The van der Waals surface area contributed by atoms with Gasteiger partial charge in [0.15, 0.2) is 0 Å². The predicted molar refractivity (Wildman–Crippen MR) is 73.3 cm³/mol. The number of ether oxygens (including phenoxy) is 1. The van der Waals surface area contributed by atoms with Gasteiger partial charge in [-0.15, -0.1) is 0 Å². The molecule has 0 spiro atoms. The zero-order valence-corrected chi connectivity index (χ0v) is 11.5. The maximum Gasteiger partial charge on any atom is 0.329 e. The minimum Gasteiger partial charge on any atom is -0.480 e. The number of amides is 1. The molecule has 1 aliphatic rings. The average Bonchev–Trinajstić information content (AvgIpc) is 2.87. The molecule has 0 saturated carbocycles. The second-order valence-corrected chi connectivity index (χ2v) is 4.99. The third kappa shape index (κ3) is 3.36. The van der Waals surface area contributed by atoms with Crippen LogP contribution in [0.3, 0.4) is 0 Å². The monoisotopic (exact) mass is 277 g/mol. The number of carboxylic acid groups (broad SMARTS) is 1. The fraction of sp³-hybridized carbons (Fsp3) is 0.467. The van der Waals surface area contributed by atoms with Gasteiger partial charge in [-0.3, -0.25) is 4.79 Å². The maximum absolute atomic E-state index is 12.1. The predicted octanol–water partition coefficient (Wildman–Crippen LogP) is 1.76. The summed E-state index contributed by atoms with van der Waals surface area (Å²) in [7, 11) is 0. The van der Waals surface area contributed by atoms with Crippen LogP contribution in [0.25, 0.3) is 0 Å². The normalized spacial score (nSPS) is 18.2. The summed E-state index contributed by atoms with van der Waals surface area (Å²) in [5.41, 5.74) is 2.33. The molecule has 0 aliphatic carbocycles. The smallest absolute Gasteiger partial charge is 0.329 e. The number of nitrogens with zero attached hydrogens (tertiary/aromatic N) is 1. The van der Waals surface area contributed by atoms with E-state index in [4.69, 9.17) is 9.84 Å². The van der Waals surface area contributed by atoms with E-state index in [1.807, 2.05) is 31.2 Å². The molecule has 1 aromatic carbocycles. The highest BCUT2D eigenvalue weighted by atomic mass is 16.5. The number of aryl methyl sites for hydroxylation is 1. The Morgan fingerprint density at radius 2 is 2.10 bits per heavy atom. The number of aliphatic carboxylic acids is 1. The molecule has 1 aromatic rings. The second kappa shape index (κ2) is 6.52. The van der Waals surface area contributed by atoms with Crippen molar-refractivity contribution in [2.75, 3.05) is 19.8 Å². The number of likely N-dealkylation sites (tertiary alicyclic amines) is 1. The van der Waals surface area contributed by atoms with Crippen molar-refractivity contribution in [3.8, 4) is 0 Å². The first-order valence-electron chi connectivity index (χ1n) is 6.74. The first-order chi connectivity index (χ1) is 9.59. The average molecular weight is 277 g/mol. The zero-order chi connectivity index (χ0) is 14.5. The van der Waals surface area contributed by atoms with Crippen LogP contribution in [0.4, 0.5) is 0 Å². The third-order valence-electron chi connectivity index (χ3n) is 3.57. The maximum atomic E-state index is 12.1. The van der Waals surface area contributed by atoms with Crippen LogP contribution in [0.2, 0.25) is 0 Å². The van der Waals surface area contributed by atoms with Gasteiger partial charge in [-0.25, -0.2) is 4.79 Å². The fourth-order valence-electron chi connectivity index (χ4n) is 2.66. The lowest BCUT2D eigenvalue weighted by molar-refractivity contribution is -0.146. The number of rotatable bonds is 5. The van der Waals surface area contributed by atoms with Gasteiger partial charge in [0.1, 0.15) is 13.2 Å². The molecule has 5 nitrogen and oxygen atoms in total. The van der Waals surface area contributed by atoms with Crippen LogP contribution in [0, 0.1) is 6.92 Å². The van der Waals surface area contributed by atoms with Crippen molar-refractivity contribution < 1.29 is 19.4 Å². The van der Waals surface area contributed by atoms with E-state index in [2.05, 4.69) is 0 Å². The molecule has 1 aliphatic heterocycles.